The van der Waals surface area contributed by atoms with Crippen LogP contribution in [0.1, 0.15) is 52.5 Å². The van der Waals surface area contributed by atoms with Gasteiger partial charge in [-0.05, 0) is 49.9 Å². The fraction of sp³-hybridized carbons (Fsp3) is 0.667. The van der Waals surface area contributed by atoms with E-state index < -0.39 is 10.0 Å². The van der Waals surface area contributed by atoms with Gasteiger partial charge in [-0.1, -0.05) is 20.8 Å². The van der Waals surface area contributed by atoms with Gasteiger partial charge in [0, 0.05) is 13.1 Å². The van der Waals surface area contributed by atoms with Crippen LogP contribution < -0.4 is 4.74 Å². The summed E-state index contributed by atoms with van der Waals surface area (Å²) in [6.45, 7) is 11.3. The third-order valence-corrected chi connectivity index (χ3v) is 5.92. The van der Waals surface area contributed by atoms with Crippen LogP contribution in [0, 0.1) is 0 Å². The molecule has 1 aliphatic rings. The van der Waals surface area contributed by atoms with Crippen molar-refractivity contribution in [3.05, 3.63) is 23.8 Å². The topological polar surface area (TPSA) is 55.8 Å². The maximum Gasteiger partial charge on any atom is 0.243 e. The van der Waals surface area contributed by atoms with E-state index in [0.29, 0.717) is 24.6 Å². The molecule has 136 valence electrons. The molecule has 0 aliphatic carbocycles. The van der Waals surface area contributed by atoms with Gasteiger partial charge in [0.2, 0.25) is 10.0 Å². The number of sulfonamides is 1. The quantitative estimate of drug-likeness (QED) is 0.785. The van der Waals surface area contributed by atoms with E-state index in [1.807, 2.05) is 27.7 Å². The van der Waals surface area contributed by atoms with Crippen LogP contribution in [0.15, 0.2) is 23.1 Å². The minimum absolute atomic E-state index is 0.0970. The lowest BCUT2D eigenvalue weighted by Gasteiger charge is -2.34. The summed E-state index contributed by atoms with van der Waals surface area (Å²) in [6.07, 6.45) is 0.724. The molecule has 0 spiro atoms. The second kappa shape index (κ2) is 7.85. The zero-order valence-electron chi connectivity index (χ0n) is 15.3. The summed E-state index contributed by atoms with van der Waals surface area (Å²) in [7, 11) is -3.52. The molecule has 0 N–H and O–H groups in total. The van der Waals surface area contributed by atoms with Crippen molar-refractivity contribution in [1.82, 2.24) is 4.31 Å². The Hall–Kier alpha value is -1.11. The van der Waals surface area contributed by atoms with Gasteiger partial charge in [-0.25, -0.2) is 8.42 Å². The second-order valence-corrected chi connectivity index (χ2v) is 8.72. The van der Waals surface area contributed by atoms with Gasteiger partial charge in [0.25, 0.3) is 0 Å². The standard InChI is InChI=1S/C18H29NO4S/c1-6-9-22-18-8-7-16(10-17(18)13(2)3)24(20,21)19-11-14(4)23-15(5)12-19/h7-8,10,13-15H,6,9,11-12H2,1-5H3/t14-,15+. The zero-order valence-corrected chi connectivity index (χ0v) is 16.1. The van der Waals surface area contributed by atoms with Gasteiger partial charge in [-0.2, -0.15) is 4.31 Å². The van der Waals surface area contributed by atoms with Crippen LogP contribution in [0.4, 0.5) is 0 Å². The molecule has 1 aliphatic heterocycles. The SMILES string of the molecule is CCCOc1ccc(S(=O)(=O)N2C[C@@H](C)O[C@@H](C)C2)cc1C(C)C. The average molecular weight is 356 g/mol. The minimum atomic E-state index is -3.52. The third kappa shape index (κ3) is 4.29. The first kappa shape index (κ1) is 19.2. The van der Waals surface area contributed by atoms with E-state index in [9.17, 15) is 8.42 Å². The van der Waals surface area contributed by atoms with Crippen molar-refractivity contribution in [3.63, 3.8) is 0 Å². The number of rotatable bonds is 6. The Morgan fingerprint density at radius 3 is 2.42 bits per heavy atom. The molecule has 0 aromatic heterocycles. The molecule has 0 saturated carbocycles. The molecule has 6 heteroatoms. The fourth-order valence-corrected chi connectivity index (χ4v) is 4.58. The monoisotopic (exact) mass is 355 g/mol. The Morgan fingerprint density at radius 2 is 1.88 bits per heavy atom. The lowest BCUT2D eigenvalue weighted by Crippen LogP contribution is -2.48. The highest BCUT2D eigenvalue weighted by molar-refractivity contribution is 7.89. The van der Waals surface area contributed by atoms with Gasteiger partial charge < -0.3 is 9.47 Å². The maximum absolute atomic E-state index is 13.0. The second-order valence-electron chi connectivity index (χ2n) is 6.78. The van der Waals surface area contributed by atoms with Crippen LogP contribution in [-0.4, -0.2) is 44.6 Å². The Balaban J connectivity index is 2.34. The molecule has 2 atom stereocenters. The van der Waals surface area contributed by atoms with Crippen molar-refractivity contribution >= 4 is 10.0 Å². The van der Waals surface area contributed by atoms with E-state index in [2.05, 4.69) is 6.92 Å². The van der Waals surface area contributed by atoms with Crippen LogP contribution in [0.2, 0.25) is 0 Å². The number of ether oxygens (including phenoxy) is 2. The van der Waals surface area contributed by atoms with Crippen LogP contribution >= 0.6 is 0 Å². The van der Waals surface area contributed by atoms with Gasteiger partial charge >= 0.3 is 0 Å². The Morgan fingerprint density at radius 1 is 1.25 bits per heavy atom. The molecule has 0 radical (unpaired) electrons. The van der Waals surface area contributed by atoms with Crippen LogP contribution in [-0.2, 0) is 14.8 Å². The highest BCUT2D eigenvalue weighted by Gasteiger charge is 2.32. The summed E-state index contributed by atoms with van der Waals surface area (Å²) in [5.74, 6) is 0.962. The fourth-order valence-electron chi connectivity index (χ4n) is 2.96. The maximum atomic E-state index is 13.0. The molecule has 1 heterocycles. The van der Waals surface area contributed by atoms with Crippen molar-refractivity contribution in [2.75, 3.05) is 19.7 Å². The predicted molar refractivity (Wildman–Crippen MR) is 95.1 cm³/mol. The van der Waals surface area contributed by atoms with Gasteiger partial charge in [0.15, 0.2) is 0 Å². The van der Waals surface area contributed by atoms with Crippen molar-refractivity contribution in [3.8, 4) is 5.75 Å². The van der Waals surface area contributed by atoms with Crippen LogP contribution in [0.25, 0.3) is 0 Å². The summed E-state index contributed by atoms with van der Waals surface area (Å²) < 4.78 is 39.0. The van der Waals surface area contributed by atoms with E-state index >= 15 is 0 Å². The van der Waals surface area contributed by atoms with Gasteiger partial charge in [0.05, 0.1) is 23.7 Å². The molecule has 0 bridgehead atoms. The third-order valence-electron chi connectivity index (χ3n) is 4.09. The molecular weight excluding hydrogens is 326 g/mol. The van der Waals surface area contributed by atoms with Gasteiger partial charge in [-0.15, -0.1) is 0 Å². The highest BCUT2D eigenvalue weighted by Crippen LogP contribution is 2.31. The van der Waals surface area contributed by atoms with Crippen LogP contribution in [0.3, 0.4) is 0 Å². The first-order valence-electron chi connectivity index (χ1n) is 8.68. The molecular formula is C18H29NO4S. The number of morpholine rings is 1. The molecule has 5 nitrogen and oxygen atoms in total. The number of nitrogens with zero attached hydrogens (tertiary/aromatic N) is 1. The first-order chi connectivity index (χ1) is 11.3. The predicted octanol–water partition coefficient (Wildman–Crippen LogP) is 3.40. The summed E-state index contributed by atoms with van der Waals surface area (Å²) in [6, 6.07) is 5.19. The Labute approximate surface area is 146 Å². The van der Waals surface area contributed by atoms with Crippen molar-refractivity contribution in [2.24, 2.45) is 0 Å². The normalized spacial score (nSPS) is 22.8. The zero-order chi connectivity index (χ0) is 17.9. The summed E-state index contributed by atoms with van der Waals surface area (Å²) in [4.78, 5) is 0.330. The van der Waals surface area contributed by atoms with Crippen LogP contribution in [0.5, 0.6) is 5.75 Å². The molecule has 1 saturated heterocycles. The van der Waals surface area contributed by atoms with Gasteiger partial charge in [0.1, 0.15) is 5.75 Å². The lowest BCUT2D eigenvalue weighted by molar-refractivity contribution is -0.0440. The molecule has 1 aromatic rings. The first-order valence-corrected chi connectivity index (χ1v) is 10.1. The molecule has 1 aromatic carbocycles. The molecule has 2 rings (SSSR count). The Bertz CT molecular complexity index is 647. The lowest BCUT2D eigenvalue weighted by atomic mass is 10.0. The van der Waals surface area contributed by atoms with E-state index in [1.54, 1.807) is 18.2 Å². The summed E-state index contributed by atoms with van der Waals surface area (Å²) >= 11 is 0. The average Bonchev–Trinajstić information content (AvgIpc) is 2.51. The van der Waals surface area contributed by atoms with Crippen molar-refractivity contribution < 1.29 is 17.9 Å². The number of benzene rings is 1. The number of hydrogen-bond acceptors (Lipinski definition) is 4. The van der Waals surface area contributed by atoms with Gasteiger partial charge in [-0.3, -0.25) is 0 Å². The van der Waals surface area contributed by atoms with E-state index in [4.69, 9.17) is 9.47 Å². The minimum Gasteiger partial charge on any atom is -0.493 e. The molecule has 0 unspecified atom stereocenters. The molecule has 1 fully saturated rings. The Kier molecular flexibility index (Phi) is 6.28. The smallest absolute Gasteiger partial charge is 0.243 e. The molecule has 0 amide bonds. The van der Waals surface area contributed by atoms with Crippen molar-refractivity contribution in [1.29, 1.82) is 0 Å². The van der Waals surface area contributed by atoms with E-state index in [0.717, 1.165) is 17.7 Å². The number of hydrogen-bond donors (Lipinski definition) is 0. The van der Waals surface area contributed by atoms with Crippen molar-refractivity contribution in [2.45, 2.75) is 64.1 Å². The summed E-state index contributed by atoms with van der Waals surface area (Å²) in [5.41, 5.74) is 0.930. The summed E-state index contributed by atoms with van der Waals surface area (Å²) in [5, 5.41) is 0. The highest BCUT2D eigenvalue weighted by atomic mass is 32.2. The van der Waals surface area contributed by atoms with E-state index in [-0.39, 0.29) is 18.1 Å². The largest absolute Gasteiger partial charge is 0.493 e. The molecule has 24 heavy (non-hydrogen) atoms. The van der Waals surface area contributed by atoms with E-state index in [1.165, 1.54) is 4.31 Å².